The number of aromatic nitrogens is 1. The summed E-state index contributed by atoms with van der Waals surface area (Å²) in [6.07, 6.45) is 1.56. The molecule has 1 fully saturated rings. The van der Waals surface area contributed by atoms with Crippen molar-refractivity contribution in [1.82, 2.24) is 4.98 Å². The highest BCUT2D eigenvalue weighted by Gasteiger charge is 2.47. The maximum atomic E-state index is 12.9. The van der Waals surface area contributed by atoms with Crippen molar-refractivity contribution < 1.29 is 14.7 Å². The summed E-state index contributed by atoms with van der Waals surface area (Å²) in [5, 5.41) is 13.6. The number of ketones is 1. The van der Waals surface area contributed by atoms with Gasteiger partial charge in [0.25, 0.3) is 5.78 Å². The fraction of sp³-hybridized carbons (Fsp3) is 0.0500. The average Bonchev–Trinajstić information content (AvgIpc) is 3.30. The number of hydrogen-bond donors (Lipinski definition) is 1. The monoisotopic (exact) mass is 474 g/mol. The number of thiazole rings is 1. The Hall–Kier alpha value is -2.48. The van der Waals surface area contributed by atoms with Gasteiger partial charge in [-0.3, -0.25) is 14.5 Å². The Bertz CT molecular complexity index is 1080. The Balaban J connectivity index is 1.93. The maximum Gasteiger partial charge on any atom is 0.301 e. The van der Waals surface area contributed by atoms with Crippen molar-refractivity contribution in [2.75, 3.05) is 4.90 Å². The molecule has 2 aromatic carbocycles. The predicted octanol–water partition coefficient (Wildman–Crippen LogP) is 5.19. The van der Waals surface area contributed by atoms with Crippen LogP contribution in [0.25, 0.3) is 5.76 Å². The molecule has 3 aromatic rings. The van der Waals surface area contributed by atoms with E-state index in [9.17, 15) is 14.7 Å². The molecule has 4 rings (SSSR count). The fourth-order valence-electron chi connectivity index (χ4n) is 3.09. The maximum absolute atomic E-state index is 12.9. The molecular formula is C20H12BrClN2O3S. The third-order valence-electron chi connectivity index (χ3n) is 4.37. The van der Waals surface area contributed by atoms with Crippen LogP contribution in [0.15, 0.2) is 70.2 Å². The molecule has 0 radical (unpaired) electrons. The molecular weight excluding hydrogens is 464 g/mol. The summed E-state index contributed by atoms with van der Waals surface area (Å²) >= 11 is 10.6. The zero-order valence-electron chi connectivity index (χ0n) is 14.2. The van der Waals surface area contributed by atoms with E-state index in [0.717, 1.165) is 4.47 Å². The first-order chi connectivity index (χ1) is 13.5. The minimum absolute atomic E-state index is 0.0184. The number of amides is 1. The van der Waals surface area contributed by atoms with E-state index in [1.54, 1.807) is 60.1 Å². The zero-order chi connectivity index (χ0) is 19.8. The Morgan fingerprint density at radius 1 is 1.11 bits per heavy atom. The zero-order valence-corrected chi connectivity index (χ0v) is 17.3. The third-order valence-corrected chi connectivity index (χ3v) is 5.92. The lowest BCUT2D eigenvalue weighted by molar-refractivity contribution is -0.132. The first kappa shape index (κ1) is 18.9. The number of aliphatic hydroxyl groups excluding tert-OH is 1. The van der Waals surface area contributed by atoms with E-state index in [2.05, 4.69) is 20.9 Å². The number of anilines is 1. The van der Waals surface area contributed by atoms with E-state index in [1.165, 1.54) is 16.2 Å². The van der Waals surface area contributed by atoms with Crippen molar-refractivity contribution in [1.29, 1.82) is 0 Å². The molecule has 1 N–H and O–H groups in total. The van der Waals surface area contributed by atoms with Gasteiger partial charge in [-0.1, -0.05) is 51.8 Å². The number of Topliss-reactive ketones (excluding diaryl/α,β-unsaturated/α-hetero) is 1. The lowest BCUT2D eigenvalue weighted by Gasteiger charge is -2.23. The highest BCUT2D eigenvalue weighted by molar-refractivity contribution is 9.10. The van der Waals surface area contributed by atoms with Crippen LogP contribution >= 0.6 is 38.9 Å². The number of aliphatic hydroxyl groups is 1. The van der Waals surface area contributed by atoms with Crippen LogP contribution in [0.3, 0.4) is 0 Å². The van der Waals surface area contributed by atoms with Gasteiger partial charge in [0, 0.05) is 26.6 Å². The van der Waals surface area contributed by atoms with E-state index in [1.807, 2.05) is 0 Å². The summed E-state index contributed by atoms with van der Waals surface area (Å²) in [4.78, 5) is 31.2. The van der Waals surface area contributed by atoms with E-state index in [4.69, 9.17) is 11.6 Å². The van der Waals surface area contributed by atoms with Crippen LogP contribution in [-0.4, -0.2) is 21.8 Å². The second-order valence-electron chi connectivity index (χ2n) is 6.04. The summed E-state index contributed by atoms with van der Waals surface area (Å²) in [7, 11) is 0. The van der Waals surface area contributed by atoms with Crippen LogP contribution in [-0.2, 0) is 9.59 Å². The normalized spacial score (nSPS) is 18.6. The van der Waals surface area contributed by atoms with E-state index in [-0.39, 0.29) is 11.3 Å². The summed E-state index contributed by atoms with van der Waals surface area (Å²) in [5.74, 6) is -1.71. The lowest BCUT2D eigenvalue weighted by atomic mass is 9.95. The van der Waals surface area contributed by atoms with Crippen LogP contribution in [0.5, 0.6) is 0 Å². The Kier molecular flexibility index (Phi) is 5.05. The molecule has 28 heavy (non-hydrogen) atoms. The minimum atomic E-state index is -0.799. The molecule has 1 amide bonds. The van der Waals surface area contributed by atoms with Crippen LogP contribution in [0.1, 0.15) is 17.2 Å². The van der Waals surface area contributed by atoms with E-state index < -0.39 is 17.7 Å². The molecule has 1 aromatic heterocycles. The minimum Gasteiger partial charge on any atom is -0.507 e. The van der Waals surface area contributed by atoms with Crippen molar-refractivity contribution in [3.05, 3.63) is 86.3 Å². The summed E-state index contributed by atoms with van der Waals surface area (Å²) in [5.41, 5.74) is 1.11. The molecule has 0 unspecified atom stereocenters. The second kappa shape index (κ2) is 7.50. The van der Waals surface area contributed by atoms with Gasteiger partial charge in [-0.05, 0) is 29.8 Å². The van der Waals surface area contributed by atoms with Crippen molar-refractivity contribution in [2.24, 2.45) is 0 Å². The molecule has 0 saturated carbocycles. The lowest BCUT2D eigenvalue weighted by Crippen LogP contribution is -2.29. The van der Waals surface area contributed by atoms with Crippen molar-refractivity contribution in [2.45, 2.75) is 6.04 Å². The van der Waals surface area contributed by atoms with Gasteiger partial charge in [-0.2, -0.15) is 0 Å². The molecule has 5 nitrogen and oxygen atoms in total. The highest BCUT2D eigenvalue weighted by atomic mass is 79.9. The molecule has 1 atom stereocenters. The number of hydrogen-bond acceptors (Lipinski definition) is 5. The summed E-state index contributed by atoms with van der Waals surface area (Å²) in [6.45, 7) is 0. The molecule has 140 valence electrons. The van der Waals surface area contributed by atoms with Gasteiger partial charge >= 0.3 is 5.91 Å². The first-order valence-electron chi connectivity index (χ1n) is 8.19. The van der Waals surface area contributed by atoms with E-state index >= 15 is 0 Å². The predicted molar refractivity (Wildman–Crippen MR) is 112 cm³/mol. The molecule has 1 aliphatic rings. The van der Waals surface area contributed by atoms with Crippen molar-refractivity contribution in [3.63, 3.8) is 0 Å². The average molecular weight is 476 g/mol. The number of carbonyl (C=O) groups is 2. The standard InChI is InChI=1S/C20H12BrClN2O3S/c21-13-5-1-12(2-6-13)17(25)15-16(11-3-7-14(22)8-4-11)24(19(27)18(15)26)20-23-9-10-28-20/h1-10,16,25H/t16-/m0/s1. The smallest absolute Gasteiger partial charge is 0.301 e. The molecule has 0 bridgehead atoms. The highest BCUT2D eigenvalue weighted by Crippen LogP contribution is 2.42. The van der Waals surface area contributed by atoms with Crippen LogP contribution in [0, 0.1) is 0 Å². The summed E-state index contributed by atoms with van der Waals surface area (Å²) in [6, 6.07) is 12.9. The third kappa shape index (κ3) is 3.26. The van der Waals surface area contributed by atoms with Gasteiger partial charge in [-0.25, -0.2) is 4.98 Å². The van der Waals surface area contributed by atoms with Crippen LogP contribution < -0.4 is 4.90 Å². The van der Waals surface area contributed by atoms with Crippen LogP contribution in [0.4, 0.5) is 5.13 Å². The van der Waals surface area contributed by atoms with Crippen molar-refractivity contribution >= 4 is 61.4 Å². The van der Waals surface area contributed by atoms with Gasteiger partial charge in [0.05, 0.1) is 11.6 Å². The van der Waals surface area contributed by atoms with Crippen molar-refractivity contribution in [3.8, 4) is 0 Å². The molecule has 0 spiro atoms. The van der Waals surface area contributed by atoms with Gasteiger partial charge in [0.2, 0.25) is 0 Å². The number of benzene rings is 2. The van der Waals surface area contributed by atoms with Gasteiger partial charge in [0.15, 0.2) is 5.13 Å². The Labute approximate surface area is 178 Å². The topological polar surface area (TPSA) is 70.5 Å². The number of carbonyl (C=O) groups excluding carboxylic acids is 2. The molecule has 8 heteroatoms. The van der Waals surface area contributed by atoms with Gasteiger partial charge < -0.3 is 5.11 Å². The van der Waals surface area contributed by atoms with Crippen LogP contribution in [0.2, 0.25) is 5.02 Å². The Morgan fingerprint density at radius 3 is 2.39 bits per heavy atom. The van der Waals surface area contributed by atoms with Gasteiger partial charge in [0.1, 0.15) is 5.76 Å². The first-order valence-corrected chi connectivity index (χ1v) is 10.2. The molecule has 1 aliphatic heterocycles. The summed E-state index contributed by atoms with van der Waals surface area (Å²) < 4.78 is 0.835. The largest absolute Gasteiger partial charge is 0.507 e. The number of halogens is 2. The quantitative estimate of drug-likeness (QED) is 0.322. The Morgan fingerprint density at radius 2 is 1.79 bits per heavy atom. The molecule has 0 aliphatic carbocycles. The molecule has 1 saturated heterocycles. The number of rotatable bonds is 3. The second-order valence-corrected chi connectivity index (χ2v) is 8.27. The number of nitrogens with zero attached hydrogens (tertiary/aromatic N) is 2. The molecule has 2 heterocycles. The SMILES string of the molecule is O=C1C(=O)N(c2nccs2)[C@@H](c2ccc(Cl)cc2)C1=C(O)c1ccc(Br)cc1. The fourth-order valence-corrected chi connectivity index (χ4v) is 4.15. The van der Waals surface area contributed by atoms with E-state index in [0.29, 0.717) is 21.3 Å². The van der Waals surface area contributed by atoms with Gasteiger partial charge in [-0.15, -0.1) is 11.3 Å².